The molecule has 4 N–H and O–H groups in total. The third-order valence-corrected chi connectivity index (χ3v) is 3.26. The summed E-state index contributed by atoms with van der Waals surface area (Å²) in [6, 6.07) is 0.402. The van der Waals surface area contributed by atoms with Crippen molar-refractivity contribution in [2.24, 2.45) is 12.8 Å². The summed E-state index contributed by atoms with van der Waals surface area (Å²) in [7, 11) is 1.82. The Kier molecular flexibility index (Phi) is 4.04. The van der Waals surface area contributed by atoms with Crippen LogP contribution in [0.2, 0.25) is 0 Å². The molecule has 0 atom stereocenters. The summed E-state index contributed by atoms with van der Waals surface area (Å²) in [5, 5.41) is 10.4. The minimum absolute atomic E-state index is 0.0748. The minimum Gasteiger partial charge on any atom is -0.389 e. The number of nitrogens with one attached hydrogen (secondary N) is 2. The normalized spacial score (nSPS) is 14.2. The van der Waals surface area contributed by atoms with E-state index >= 15 is 0 Å². The molecule has 0 bridgehead atoms. The van der Waals surface area contributed by atoms with E-state index in [1.807, 2.05) is 14.0 Å². The minimum atomic E-state index is 0.0748. The molecule has 0 saturated heterocycles. The van der Waals surface area contributed by atoms with E-state index in [9.17, 15) is 4.79 Å². The molecule has 1 aromatic heterocycles. The van der Waals surface area contributed by atoms with Gasteiger partial charge >= 0.3 is 0 Å². The molecule has 0 spiro atoms. The molecule has 6 nitrogen and oxygen atoms in total. The van der Waals surface area contributed by atoms with Crippen LogP contribution in [0.25, 0.3) is 0 Å². The monoisotopic (exact) mass is 281 g/mol. The molecule has 19 heavy (non-hydrogen) atoms. The third kappa shape index (κ3) is 3.44. The fraction of sp³-hybridized carbons (Fsp3) is 0.583. The Balaban J connectivity index is 1.91. The largest absolute Gasteiger partial charge is 0.389 e. The molecule has 1 aliphatic carbocycles. The number of aromatic nitrogens is 2. The van der Waals surface area contributed by atoms with Crippen molar-refractivity contribution >= 4 is 28.9 Å². The van der Waals surface area contributed by atoms with Crippen LogP contribution < -0.4 is 16.4 Å². The van der Waals surface area contributed by atoms with Crippen molar-refractivity contribution in [1.29, 1.82) is 0 Å². The van der Waals surface area contributed by atoms with E-state index in [2.05, 4.69) is 15.7 Å². The van der Waals surface area contributed by atoms with Crippen molar-refractivity contribution in [1.82, 2.24) is 15.1 Å². The van der Waals surface area contributed by atoms with Crippen LogP contribution in [0.3, 0.4) is 0 Å². The van der Waals surface area contributed by atoms with E-state index in [4.69, 9.17) is 18.0 Å². The van der Waals surface area contributed by atoms with Crippen LogP contribution in [-0.4, -0.2) is 33.3 Å². The van der Waals surface area contributed by atoms with E-state index in [1.165, 1.54) is 0 Å². The topological polar surface area (TPSA) is 85.0 Å². The number of carbonyl (C=O) groups excluding carboxylic acids is 1. The summed E-state index contributed by atoms with van der Waals surface area (Å²) in [6.45, 7) is 2.40. The highest BCUT2D eigenvalue weighted by molar-refractivity contribution is 7.80. The van der Waals surface area contributed by atoms with Crippen molar-refractivity contribution in [2.45, 2.75) is 32.2 Å². The van der Waals surface area contributed by atoms with Gasteiger partial charge in [-0.3, -0.25) is 9.48 Å². The maximum atomic E-state index is 11.6. The predicted octanol–water partition coefficient (Wildman–Crippen LogP) is 0.443. The highest BCUT2D eigenvalue weighted by Gasteiger charge is 2.23. The smallest absolute Gasteiger partial charge is 0.221 e. The molecule has 0 radical (unpaired) electrons. The van der Waals surface area contributed by atoms with Gasteiger partial charge in [0.15, 0.2) is 0 Å². The summed E-state index contributed by atoms with van der Waals surface area (Å²) >= 11 is 5.02. The quantitative estimate of drug-likeness (QED) is 0.659. The van der Waals surface area contributed by atoms with E-state index in [0.29, 0.717) is 24.0 Å². The van der Waals surface area contributed by atoms with Gasteiger partial charge in [-0.2, -0.15) is 5.10 Å². The molecule has 1 heterocycles. The molecule has 0 aromatic carbocycles. The van der Waals surface area contributed by atoms with Gasteiger partial charge in [-0.1, -0.05) is 12.2 Å². The number of nitrogens with zero attached hydrogens (tertiary/aromatic N) is 2. The number of rotatable bonds is 6. The molecule has 0 unspecified atom stereocenters. The van der Waals surface area contributed by atoms with Gasteiger partial charge in [0.05, 0.1) is 11.3 Å². The second-order valence-corrected chi connectivity index (χ2v) is 5.26. The Morgan fingerprint density at radius 3 is 2.84 bits per heavy atom. The molecular formula is C12H19N5OS. The summed E-state index contributed by atoms with van der Waals surface area (Å²) in [4.78, 5) is 11.9. The summed E-state index contributed by atoms with van der Waals surface area (Å²) < 4.78 is 1.70. The molecule has 1 amide bonds. The lowest BCUT2D eigenvalue weighted by Crippen LogP contribution is -2.27. The Bertz CT molecular complexity index is 506. The Labute approximate surface area is 117 Å². The standard InChI is InChI=1S/C12H19N5OS/c1-7-10(11(13)19)12(17(2)16-7)14-6-5-9(18)15-8-3-4-8/h8,14H,3-6H2,1-2H3,(H2,13,19)(H,15,18). The van der Waals surface area contributed by atoms with Gasteiger partial charge < -0.3 is 16.4 Å². The average molecular weight is 281 g/mol. The Hall–Kier alpha value is -1.63. The highest BCUT2D eigenvalue weighted by atomic mass is 32.1. The zero-order valence-electron chi connectivity index (χ0n) is 11.2. The molecule has 1 aromatic rings. The van der Waals surface area contributed by atoms with E-state index in [0.717, 1.165) is 29.9 Å². The second-order valence-electron chi connectivity index (χ2n) is 4.82. The molecule has 104 valence electrons. The van der Waals surface area contributed by atoms with Crippen LogP contribution in [0.15, 0.2) is 0 Å². The molecule has 1 saturated carbocycles. The number of aryl methyl sites for hydroxylation is 2. The first-order valence-corrected chi connectivity index (χ1v) is 6.76. The van der Waals surface area contributed by atoms with Crippen LogP contribution in [-0.2, 0) is 11.8 Å². The summed E-state index contributed by atoms with van der Waals surface area (Å²) in [6.07, 6.45) is 2.63. The maximum Gasteiger partial charge on any atom is 0.221 e. The van der Waals surface area contributed by atoms with Gasteiger partial charge in [0.2, 0.25) is 5.91 Å². The molecule has 0 aliphatic heterocycles. The lowest BCUT2D eigenvalue weighted by Gasteiger charge is -2.09. The first kappa shape index (κ1) is 13.8. The van der Waals surface area contributed by atoms with Gasteiger partial charge in [-0.15, -0.1) is 0 Å². The first-order valence-electron chi connectivity index (χ1n) is 6.35. The number of amides is 1. The molecule has 2 rings (SSSR count). The zero-order valence-corrected chi connectivity index (χ0v) is 12.0. The molecule has 1 aliphatic rings. The third-order valence-electron chi connectivity index (χ3n) is 3.06. The Morgan fingerprint density at radius 2 is 2.26 bits per heavy atom. The average Bonchev–Trinajstić information content (AvgIpc) is 3.05. The number of hydrogen-bond acceptors (Lipinski definition) is 4. The van der Waals surface area contributed by atoms with Crippen molar-refractivity contribution < 1.29 is 4.79 Å². The highest BCUT2D eigenvalue weighted by Crippen LogP contribution is 2.19. The molecule has 7 heteroatoms. The van der Waals surface area contributed by atoms with E-state index in [1.54, 1.807) is 4.68 Å². The van der Waals surface area contributed by atoms with Crippen molar-refractivity contribution in [2.75, 3.05) is 11.9 Å². The number of hydrogen-bond donors (Lipinski definition) is 3. The van der Waals surface area contributed by atoms with E-state index < -0.39 is 0 Å². The predicted molar refractivity (Wildman–Crippen MR) is 78.1 cm³/mol. The van der Waals surface area contributed by atoms with Crippen molar-refractivity contribution in [3.8, 4) is 0 Å². The van der Waals surface area contributed by atoms with Gasteiger partial charge in [-0.25, -0.2) is 0 Å². The van der Waals surface area contributed by atoms with Crippen LogP contribution >= 0.6 is 12.2 Å². The number of carbonyl (C=O) groups is 1. The van der Waals surface area contributed by atoms with Crippen LogP contribution in [0, 0.1) is 6.92 Å². The maximum absolute atomic E-state index is 11.6. The van der Waals surface area contributed by atoms with Gasteiger partial charge in [0.25, 0.3) is 0 Å². The fourth-order valence-corrected chi connectivity index (χ4v) is 2.22. The number of anilines is 1. The number of nitrogens with two attached hydrogens (primary N) is 1. The summed E-state index contributed by atoms with van der Waals surface area (Å²) in [5.74, 6) is 0.843. The van der Waals surface area contributed by atoms with Crippen LogP contribution in [0.1, 0.15) is 30.5 Å². The second kappa shape index (κ2) is 5.56. The fourth-order valence-electron chi connectivity index (χ4n) is 1.98. The van der Waals surface area contributed by atoms with Gasteiger partial charge in [-0.05, 0) is 19.8 Å². The van der Waals surface area contributed by atoms with E-state index in [-0.39, 0.29) is 5.91 Å². The van der Waals surface area contributed by atoms with Crippen LogP contribution in [0.5, 0.6) is 0 Å². The zero-order chi connectivity index (χ0) is 14.0. The van der Waals surface area contributed by atoms with Crippen molar-refractivity contribution in [3.05, 3.63) is 11.3 Å². The molecular weight excluding hydrogens is 262 g/mol. The van der Waals surface area contributed by atoms with Crippen molar-refractivity contribution in [3.63, 3.8) is 0 Å². The lowest BCUT2D eigenvalue weighted by molar-refractivity contribution is -0.120. The van der Waals surface area contributed by atoms with Gasteiger partial charge in [0.1, 0.15) is 10.8 Å². The number of thiocarbonyl (C=S) groups is 1. The SMILES string of the molecule is Cc1nn(C)c(NCCC(=O)NC2CC2)c1C(N)=S. The molecule has 1 fully saturated rings. The lowest BCUT2D eigenvalue weighted by atomic mass is 10.2. The first-order chi connectivity index (χ1) is 8.99. The Morgan fingerprint density at radius 1 is 1.58 bits per heavy atom. The van der Waals surface area contributed by atoms with Gasteiger partial charge in [0, 0.05) is 26.1 Å². The van der Waals surface area contributed by atoms with Crippen LogP contribution in [0.4, 0.5) is 5.82 Å². The summed E-state index contributed by atoms with van der Waals surface area (Å²) in [5.41, 5.74) is 7.23.